The number of carboxylic acid groups (broad SMARTS) is 1. The highest BCUT2D eigenvalue weighted by atomic mass is 16.4. The fraction of sp³-hybridized carbons (Fsp3) is 0.438. The highest BCUT2D eigenvalue weighted by Gasteiger charge is 2.34. The van der Waals surface area contributed by atoms with Gasteiger partial charge in [-0.05, 0) is 30.2 Å². The third kappa shape index (κ3) is 3.84. The molecular weight excluding hydrogens is 284 g/mol. The number of carbonyl (C=O) groups excluding carboxylic acids is 2. The average Bonchev–Trinajstić information content (AvgIpc) is 2.81. The lowest BCUT2D eigenvalue weighted by atomic mass is 10.1. The van der Waals surface area contributed by atoms with E-state index in [1.165, 1.54) is 4.90 Å². The van der Waals surface area contributed by atoms with E-state index >= 15 is 0 Å². The van der Waals surface area contributed by atoms with Crippen molar-refractivity contribution in [3.63, 3.8) is 0 Å². The standard InChI is InChI=1S/C16H20N2O4/c1-10(2)7-14(19)17-12-3-5-13(6-4-12)18-9-11(16(21)22)8-15(18)20/h3-6,10-11H,7-9H2,1-2H3,(H,17,19)(H,21,22)/t11-/m0/s1. The van der Waals surface area contributed by atoms with Crippen LogP contribution in [0.3, 0.4) is 0 Å². The van der Waals surface area contributed by atoms with E-state index in [4.69, 9.17) is 5.11 Å². The van der Waals surface area contributed by atoms with Gasteiger partial charge >= 0.3 is 5.97 Å². The Morgan fingerprint density at radius 2 is 1.95 bits per heavy atom. The molecule has 22 heavy (non-hydrogen) atoms. The molecule has 0 spiro atoms. The first-order chi connectivity index (χ1) is 10.4. The van der Waals surface area contributed by atoms with Crippen molar-refractivity contribution in [1.29, 1.82) is 0 Å². The van der Waals surface area contributed by atoms with Gasteiger partial charge in [0.05, 0.1) is 5.92 Å². The van der Waals surface area contributed by atoms with Crippen molar-refractivity contribution in [1.82, 2.24) is 0 Å². The number of carbonyl (C=O) groups is 3. The van der Waals surface area contributed by atoms with Gasteiger partial charge in [0.1, 0.15) is 0 Å². The molecule has 2 N–H and O–H groups in total. The van der Waals surface area contributed by atoms with E-state index in [1.807, 2.05) is 13.8 Å². The zero-order chi connectivity index (χ0) is 16.3. The molecule has 2 amide bonds. The lowest BCUT2D eigenvalue weighted by Crippen LogP contribution is -2.25. The predicted molar refractivity (Wildman–Crippen MR) is 82.6 cm³/mol. The molecule has 0 saturated carbocycles. The monoisotopic (exact) mass is 304 g/mol. The van der Waals surface area contributed by atoms with Crippen LogP contribution in [0.15, 0.2) is 24.3 Å². The highest BCUT2D eigenvalue weighted by Crippen LogP contribution is 2.26. The Labute approximate surface area is 129 Å². The minimum absolute atomic E-state index is 0.0300. The Bertz CT molecular complexity index is 580. The molecule has 6 heteroatoms. The van der Waals surface area contributed by atoms with E-state index in [0.717, 1.165) is 0 Å². The normalized spacial score (nSPS) is 17.9. The van der Waals surface area contributed by atoms with Crippen LogP contribution in [0.2, 0.25) is 0 Å². The third-order valence-corrected chi connectivity index (χ3v) is 3.53. The molecule has 1 heterocycles. The second kappa shape index (κ2) is 6.60. The summed E-state index contributed by atoms with van der Waals surface area (Å²) in [4.78, 5) is 36.0. The number of carboxylic acids is 1. The molecule has 6 nitrogen and oxygen atoms in total. The van der Waals surface area contributed by atoms with E-state index < -0.39 is 11.9 Å². The Morgan fingerprint density at radius 1 is 1.32 bits per heavy atom. The summed E-state index contributed by atoms with van der Waals surface area (Å²) < 4.78 is 0. The van der Waals surface area contributed by atoms with E-state index in [-0.39, 0.29) is 30.7 Å². The fourth-order valence-electron chi connectivity index (χ4n) is 2.43. The van der Waals surface area contributed by atoms with Gasteiger partial charge in [0.15, 0.2) is 0 Å². The van der Waals surface area contributed by atoms with Crippen LogP contribution in [-0.4, -0.2) is 29.4 Å². The van der Waals surface area contributed by atoms with Gasteiger partial charge in [0.2, 0.25) is 11.8 Å². The second-order valence-electron chi connectivity index (χ2n) is 5.94. The summed E-state index contributed by atoms with van der Waals surface area (Å²) in [6, 6.07) is 6.87. The topological polar surface area (TPSA) is 86.7 Å². The first-order valence-electron chi connectivity index (χ1n) is 7.30. The molecule has 1 aliphatic heterocycles. The second-order valence-corrected chi connectivity index (χ2v) is 5.94. The van der Waals surface area contributed by atoms with Gasteiger partial charge in [-0.3, -0.25) is 14.4 Å². The Kier molecular flexibility index (Phi) is 4.80. The third-order valence-electron chi connectivity index (χ3n) is 3.53. The molecule has 0 radical (unpaired) electrons. The van der Waals surface area contributed by atoms with Gasteiger partial charge in [-0.1, -0.05) is 13.8 Å². The smallest absolute Gasteiger partial charge is 0.308 e. The first-order valence-corrected chi connectivity index (χ1v) is 7.30. The number of hydrogen-bond acceptors (Lipinski definition) is 3. The number of nitrogens with zero attached hydrogens (tertiary/aromatic N) is 1. The SMILES string of the molecule is CC(C)CC(=O)Nc1ccc(N2C[C@@H](C(=O)O)CC2=O)cc1. The minimum Gasteiger partial charge on any atom is -0.481 e. The zero-order valence-electron chi connectivity index (χ0n) is 12.7. The number of aliphatic carboxylic acids is 1. The van der Waals surface area contributed by atoms with Crippen molar-refractivity contribution < 1.29 is 19.5 Å². The molecule has 118 valence electrons. The molecule has 2 rings (SSSR count). The number of benzene rings is 1. The molecule has 1 aromatic carbocycles. The quantitative estimate of drug-likeness (QED) is 0.872. The van der Waals surface area contributed by atoms with Crippen LogP contribution in [0.4, 0.5) is 11.4 Å². The first kappa shape index (κ1) is 16.0. The van der Waals surface area contributed by atoms with Gasteiger partial charge in [0.25, 0.3) is 0 Å². The van der Waals surface area contributed by atoms with E-state index in [1.54, 1.807) is 24.3 Å². The van der Waals surface area contributed by atoms with Crippen molar-refractivity contribution in [3.05, 3.63) is 24.3 Å². The summed E-state index contributed by atoms with van der Waals surface area (Å²) in [5, 5.41) is 11.8. The van der Waals surface area contributed by atoms with Gasteiger partial charge in [-0.25, -0.2) is 0 Å². The van der Waals surface area contributed by atoms with E-state index in [0.29, 0.717) is 17.8 Å². The lowest BCUT2D eigenvalue weighted by Gasteiger charge is -2.16. The van der Waals surface area contributed by atoms with Gasteiger partial charge in [-0.2, -0.15) is 0 Å². The van der Waals surface area contributed by atoms with Crippen LogP contribution < -0.4 is 10.2 Å². The fourth-order valence-corrected chi connectivity index (χ4v) is 2.43. The summed E-state index contributed by atoms with van der Waals surface area (Å²) in [6.07, 6.45) is 0.481. The molecule has 1 atom stereocenters. The minimum atomic E-state index is -0.951. The van der Waals surface area contributed by atoms with E-state index in [2.05, 4.69) is 5.32 Å². The maximum Gasteiger partial charge on any atom is 0.308 e. The van der Waals surface area contributed by atoms with Crippen LogP contribution in [0, 0.1) is 11.8 Å². The van der Waals surface area contributed by atoms with Crippen LogP contribution in [0.1, 0.15) is 26.7 Å². The lowest BCUT2D eigenvalue weighted by molar-refractivity contribution is -0.141. The highest BCUT2D eigenvalue weighted by molar-refractivity contribution is 5.99. The largest absolute Gasteiger partial charge is 0.481 e. The molecule has 1 saturated heterocycles. The van der Waals surface area contributed by atoms with Crippen molar-refractivity contribution in [3.8, 4) is 0 Å². The maximum atomic E-state index is 11.9. The maximum absolute atomic E-state index is 11.9. The molecule has 0 aromatic heterocycles. The molecular formula is C16H20N2O4. The molecule has 1 aromatic rings. The number of amides is 2. The molecule has 0 unspecified atom stereocenters. The van der Waals surface area contributed by atoms with Crippen molar-refractivity contribution in [2.75, 3.05) is 16.8 Å². The summed E-state index contributed by atoms with van der Waals surface area (Å²) >= 11 is 0. The van der Waals surface area contributed by atoms with E-state index in [9.17, 15) is 14.4 Å². The zero-order valence-corrected chi connectivity index (χ0v) is 12.7. The summed E-state index contributed by atoms with van der Waals surface area (Å²) in [5.41, 5.74) is 1.31. The van der Waals surface area contributed by atoms with Crippen molar-refractivity contribution >= 4 is 29.2 Å². The number of hydrogen-bond donors (Lipinski definition) is 2. The summed E-state index contributed by atoms with van der Waals surface area (Å²) in [6.45, 7) is 4.13. The molecule has 1 aliphatic rings. The molecule has 1 fully saturated rings. The molecule has 0 bridgehead atoms. The van der Waals surface area contributed by atoms with Crippen LogP contribution >= 0.6 is 0 Å². The predicted octanol–water partition coefficient (Wildman–Crippen LogP) is 2.11. The number of nitrogens with one attached hydrogen (secondary N) is 1. The number of anilines is 2. The van der Waals surface area contributed by atoms with Crippen LogP contribution in [0.5, 0.6) is 0 Å². The average molecular weight is 304 g/mol. The summed E-state index contributed by atoms with van der Waals surface area (Å²) in [5.74, 6) is -1.56. The van der Waals surface area contributed by atoms with Crippen LogP contribution in [-0.2, 0) is 14.4 Å². The number of rotatable bonds is 5. The van der Waals surface area contributed by atoms with Crippen LogP contribution in [0.25, 0.3) is 0 Å². The Balaban J connectivity index is 2.02. The Hall–Kier alpha value is -2.37. The van der Waals surface area contributed by atoms with Crippen molar-refractivity contribution in [2.24, 2.45) is 11.8 Å². The van der Waals surface area contributed by atoms with Gasteiger partial charge in [0, 0.05) is 30.8 Å². The molecule has 0 aliphatic carbocycles. The van der Waals surface area contributed by atoms with Gasteiger partial charge in [-0.15, -0.1) is 0 Å². The summed E-state index contributed by atoms with van der Waals surface area (Å²) in [7, 11) is 0. The van der Waals surface area contributed by atoms with Crippen molar-refractivity contribution in [2.45, 2.75) is 26.7 Å². The van der Waals surface area contributed by atoms with Gasteiger partial charge < -0.3 is 15.3 Å². The Morgan fingerprint density at radius 3 is 2.45 bits per heavy atom.